The van der Waals surface area contributed by atoms with E-state index in [1.165, 1.54) is 25.0 Å². The lowest BCUT2D eigenvalue weighted by Crippen LogP contribution is -2.44. The number of benzene rings is 2. The Bertz CT molecular complexity index is 1120. The van der Waals surface area contributed by atoms with Crippen molar-refractivity contribution in [3.05, 3.63) is 59.2 Å². The maximum atomic E-state index is 13.4. The molecule has 0 saturated heterocycles. The van der Waals surface area contributed by atoms with Gasteiger partial charge in [-0.25, -0.2) is 9.80 Å². The van der Waals surface area contributed by atoms with E-state index in [-0.39, 0.29) is 17.6 Å². The maximum Gasteiger partial charge on any atom is 0.335 e. The lowest BCUT2D eigenvalue weighted by atomic mass is 9.74. The summed E-state index contributed by atoms with van der Waals surface area (Å²) < 4.78 is 11.9. The molecule has 2 aromatic rings. The van der Waals surface area contributed by atoms with Crippen molar-refractivity contribution >= 4 is 17.6 Å². The fraction of sp³-hybridized carbons (Fsp3) is 0.464. The van der Waals surface area contributed by atoms with Crippen LogP contribution in [0.15, 0.2) is 47.6 Å². The molecule has 0 radical (unpaired) electrons. The molecule has 35 heavy (non-hydrogen) atoms. The SMILES string of the molecule is COc1ccc(C2=NN(C(=O)c3ccc(C(=O)O)cc3)CC3CCCCC23)cc1OC1CCCC1. The highest BCUT2D eigenvalue weighted by atomic mass is 16.5. The zero-order valence-electron chi connectivity index (χ0n) is 20.1. The number of hydrazone groups is 1. The van der Waals surface area contributed by atoms with Crippen LogP contribution in [-0.4, -0.2) is 47.5 Å². The Labute approximate surface area is 205 Å². The molecular weight excluding hydrogens is 444 g/mol. The van der Waals surface area contributed by atoms with Crippen molar-refractivity contribution in [1.29, 1.82) is 0 Å². The molecule has 7 nitrogen and oxygen atoms in total. The number of aromatic carboxylic acids is 1. The largest absolute Gasteiger partial charge is 0.493 e. The molecule has 1 N–H and O–H groups in total. The first kappa shape index (κ1) is 23.4. The second kappa shape index (κ2) is 10.1. The van der Waals surface area contributed by atoms with E-state index in [4.69, 9.17) is 19.7 Å². The summed E-state index contributed by atoms with van der Waals surface area (Å²) in [5, 5.41) is 15.6. The molecule has 7 heteroatoms. The molecule has 184 valence electrons. The number of carbonyl (C=O) groups excluding carboxylic acids is 1. The van der Waals surface area contributed by atoms with Crippen LogP contribution in [-0.2, 0) is 0 Å². The van der Waals surface area contributed by atoms with Gasteiger partial charge in [0, 0.05) is 23.6 Å². The van der Waals surface area contributed by atoms with Gasteiger partial charge in [-0.1, -0.05) is 12.8 Å². The smallest absolute Gasteiger partial charge is 0.335 e. The van der Waals surface area contributed by atoms with Crippen LogP contribution < -0.4 is 9.47 Å². The van der Waals surface area contributed by atoms with Crippen LogP contribution in [0.2, 0.25) is 0 Å². The monoisotopic (exact) mass is 476 g/mol. The van der Waals surface area contributed by atoms with Gasteiger partial charge in [-0.15, -0.1) is 0 Å². The van der Waals surface area contributed by atoms with Gasteiger partial charge in [-0.05, 0) is 86.9 Å². The Morgan fingerprint density at radius 2 is 1.60 bits per heavy atom. The summed E-state index contributed by atoms with van der Waals surface area (Å²) in [6.07, 6.45) is 9.14. The Morgan fingerprint density at radius 1 is 0.914 bits per heavy atom. The molecule has 0 aromatic heterocycles. The third-order valence-corrected chi connectivity index (χ3v) is 7.56. The third kappa shape index (κ3) is 4.90. The molecule has 5 rings (SSSR count). The standard InChI is InChI=1S/C28H32N2O5/c1-34-24-15-14-20(16-25(24)35-22-7-3-4-8-22)26-23-9-5-2-6-21(23)17-30(29-26)27(31)18-10-12-19(13-11-18)28(32)33/h10-16,21-23H,2-9,17H2,1H3,(H,32,33). The summed E-state index contributed by atoms with van der Waals surface area (Å²) in [5.41, 5.74) is 2.49. The van der Waals surface area contributed by atoms with Gasteiger partial charge in [0.25, 0.3) is 5.91 Å². The van der Waals surface area contributed by atoms with E-state index in [0.29, 0.717) is 29.7 Å². The topological polar surface area (TPSA) is 88.4 Å². The van der Waals surface area contributed by atoms with Crippen molar-refractivity contribution in [2.45, 2.75) is 57.5 Å². The highest BCUT2D eigenvalue weighted by molar-refractivity contribution is 6.05. The van der Waals surface area contributed by atoms with Crippen molar-refractivity contribution in [3.63, 3.8) is 0 Å². The van der Waals surface area contributed by atoms with E-state index in [1.807, 2.05) is 18.2 Å². The summed E-state index contributed by atoms with van der Waals surface area (Å²) in [7, 11) is 1.65. The van der Waals surface area contributed by atoms with Crippen LogP contribution in [0.3, 0.4) is 0 Å². The Kier molecular flexibility index (Phi) is 6.75. The van der Waals surface area contributed by atoms with Crippen LogP contribution in [0.4, 0.5) is 0 Å². The number of fused-ring (bicyclic) bond motifs is 1. The summed E-state index contributed by atoms with van der Waals surface area (Å²) >= 11 is 0. The second-order valence-corrected chi connectivity index (χ2v) is 9.80. The van der Waals surface area contributed by atoms with Gasteiger partial charge < -0.3 is 14.6 Å². The predicted octanol–water partition coefficient (Wildman–Crippen LogP) is 5.38. The number of carbonyl (C=O) groups is 2. The highest BCUT2D eigenvalue weighted by Gasteiger charge is 2.37. The molecule has 0 bridgehead atoms. The van der Waals surface area contributed by atoms with Gasteiger partial charge in [0.15, 0.2) is 11.5 Å². The van der Waals surface area contributed by atoms with Crippen LogP contribution >= 0.6 is 0 Å². The van der Waals surface area contributed by atoms with E-state index < -0.39 is 5.97 Å². The average molecular weight is 477 g/mol. The van der Waals surface area contributed by atoms with Crippen molar-refractivity contribution in [1.82, 2.24) is 5.01 Å². The highest BCUT2D eigenvalue weighted by Crippen LogP contribution is 2.39. The molecule has 2 fully saturated rings. The molecule has 0 spiro atoms. The fourth-order valence-corrected chi connectivity index (χ4v) is 5.67. The Hall–Kier alpha value is -3.35. The zero-order valence-corrected chi connectivity index (χ0v) is 20.1. The third-order valence-electron chi connectivity index (χ3n) is 7.56. The molecule has 1 heterocycles. The van der Waals surface area contributed by atoms with E-state index in [1.54, 1.807) is 24.3 Å². The van der Waals surface area contributed by atoms with Crippen molar-refractivity contribution in [2.24, 2.45) is 16.9 Å². The van der Waals surface area contributed by atoms with Crippen LogP contribution in [0, 0.1) is 11.8 Å². The van der Waals surface area contributed by atoms with E-state index in [0.717, 1.165) is 55.5 Å². The molecule has 2 atom stereocenters. The summed E-state index contributed by atoms with van der Waals surface area (Å²) in [5.74, 6) is 0.875. The van der Waals surface area contributed by atoms with Gasteiger partial charge in [0.2, 0.25) is 0 Å². The molecule has 1 amide bonds. The molecule has 2 aliphatic carbocycles. The lowest BCUT2D eigenvalue weighted by Gasteiger charge is -2.39. The number of carboxylic acids is 1. The lowest BCUT2D eigenvalue weighted by molar-refractivity contribution is 0.0670. The first-order valence-corrected chi connectivity index (χ1v) is 12.6. The fourth-order valence-electron chi connectivity index (χ4n) is 5.67. The van der Waals surface area contributed by atoms with Gasteiger partial charge >= 0.3 is 5.97 Å². The molecular formula is C28H32N2O5. The number of nitrogens with zero attached hydrogens (tertiary/aromatic N) is 2. The van der Waals surface area contributed by atoms with Crippen LogP contribution in [0.25, 0.3) is 0 Å². The molecule has 2 unspecified atom stereocenters. The zero-order chi connectivity index (χ0) is 24.4. The molecule has 1 aliphatic heterocycles. The van der Waals surface area contributed by atoms with Gasteiger partial charge in [-0.3, -0.25) is 4.79 Å². The number of hydrogen-bond acceptors (Lipinski definition) is 5. The van der Waals surface area contributed by atoms with Gasteiger partial charge in [-0.2, -0.15) is 5.10 Å². The first-order valence-electron chi connectivity index (χ1n) is 12.6. The second-order valence-electron chi connectivity index (χ2n) is 9.80. The quantitative estimate of drug-likeness (QED) is 0.605. The van der Waals surface area contributed by atoms with E-state index in [2.05, 4.69) is 0 Å². The summed E-state index contributed by atoms with van der Waals surface area (Å²) in [4.78, 5) is 24.5. The van der Waals surface area contributed by atoms with E-state index >= 15 is 0 Å². The molecule has 2 saturated carbocycles. The summed E-state index contributed by atoms with van der Waals surface area (Å²) in [6, 6.07) is 12.0. The normalized spacial score (nSPS) is 22.3. The number of methoxy groups -OCH3 is 1. The average Bonchev–Trinajstić information content (AvgIpc) is 3.40. The Balaban J connectivity index is 1.48. The molecule has 3 aliphatic rings. The number of hydrogen-bond donors (Lipinski definition) is 1. The van der Waals surface area contributed by atoms with Gasteiger partial charge in [0.05, 0.1) is 24.5 Å². The minimum atomic E-state index is -1.01. The number of rotatable bonds is 6. The minimum absolute atomic E-state index is 0.157. The van der Waals surface area contributed by atoms with Crippen LogP contribution in [0.1, 0.15) is 77.6 Å². The predicted molar refractivity (Wildman–Crippen MR) is 132 cm³/mol. The van der Waals surface area contributed by atoms with Crippen molar-refractivity contribution in [2.75, 3.05) is 13.7 Å². The van der Waals surface area contributed by atoms with Crippen molar-refractivity contribution < 1.29 is 24.2 Å². The first-order chi connectivity index (χ1) is 17.0. The Morgan fingerprint density at radius 3 is 2.31 bits per heavy atom. The summed E-state index contributed by atoms with van der Waals surface area (Å²) in [6.45, 7) is 0.579. The number of ether oxygens (including phenoxy) is 2. The van der Waals surface area contributed by atoms with Crippen molar-refractivity contribution in [3.8, 4) is 11.5 Å². The minimum Gasteiger partial charge on any atom is -0.493 e. The maximum absolute atomic E-state index is 13.4. The molecule has 2 aromatic carbocycles. The van der Waals surface area contributed by atoms with E-state index in [9.17, 15) is 9.59 Å². The number of carboxylic acid groups (broad SMARTS) is 1. The van der Waals surface area contributed by atoms with Gasteiger partial charge in [0.1, 0.15) is 0 Å². The number of amides is 1. The van der Waals surface area contributed by atoms with Crippen LogP contribution in [0.5, 0.6) is 11.5 Å².